The first-order chi connectivity index (χ1) is 9.22. The van der Waals surface area contributed by atoms with Gasteiger partial charge in [-0.2, -0.15) is 5.10 Å². The second kappa shape index (κ2) is 5.15. The van der Waals surface area contributed by atoms with Gasteiger partial charge >= 0.3 is 0 Å². The fourth-order valence-electron chi connectivity index (χ4n) is 1.73. The molecule has 0 fully saturated rings. The summed E-state index contributed by atoms with van der Waals surface area (Å²) in [7, 11) is 0. The standard InChI is InChI=1S/C14H9BrClN3/c15-11-5-1-9(2-6-11)13-17-14(19-18-13)10-3-7-12(16)8-4-10/h1-8H,(H,17,18,19). The molecule has 0 unspecified atom stereocenters. The molecule has 1 aromatic heterocycles. The molecule has 0 saturated carbocycles. The largest absolute Gasteiger partial charge is 0.259 e. The van der Waals surface area contributed by atoms with Gasteiger partial charge in [-0.25, -0.2) is 4.98 Å². The smallest absolute Gasteiger partial charge is 0.181 e. The Bertz CT molecular complexity index is 629. The molecule has 3 nitrogen and oxygen atoms in total. The Balaban J connectivity index is 1.95. The highest BCUT2D eigenvalue weighted by molar-refractivity contribution is 9.10. The molecule has 0 atom stereocenters. The summed E-state index contributed by atoms with van der Waals surface area (Å²) >= 11 is 9.27. The van der Waals surface area contributed by atoms with Gasteiger partial charge in [0.05, 0.1) is 0 Å². The maximum Gasteiger partial charge on any atom is 0.181 e. The Morgan fingerprint density at radius 3 is 2.21 bits per heavy atom. The van der Waals surface area contributed by atoms with E-state index in [9.17, 15) is 0 Å². The lowest BCUT2D eigenvalue weighted by atomic mass is 10.2. The van der Waals surface area contributed by atoms with Gasteiger partial charge in [0.1, 0.15) is 0 Å². The summed E-state index contributed by atoms with van der Waals surface area (Å²) in [6.45, 7) is 0. The molecule has 5 heteroatoms. The molecule has 94 valence electrons. The van der Waals surface area contributed by atoms with E-state index in [4.69, 9.17) is 11.6 Å². The molecule has 1 N–H and O–H groups in total. The normalized spacial score (nSPS) is 10.6. The van der Waals surface area contributed by atoms with Crippen LogP contribution in [0.3, 0.4) is 0 Å². The zero-order valence-corrected chi connectivity index (χ0v) is 12.1. The minimum atomic E-state index is 0.678. The molecular weight excluding hydrogens is 326 g/mol. The number of aromatic nitrogens is 3. The minimum Gasteiger partial charge on any atom is -0.259 e. The number of H-pyrrole nitrogens is 1. The number of nitrogens with one attached hydrogen (secondary N) is 1. The SMILES string of the molecule is Clc1ccc(-c2nc(-c3ccc(Br)cc3)n[nH]2)cc1. The average Bonchev–Trinajstić information content (AvgIpc) is 2.90. The van der Waals surface area contributed by atoms with Crippen molar-refractivity contribution in [2.75, 3.05) is 0 Å². The summed E-state index contributed by atoms with van der Waals surface area (Å²) in [6.07, 6.45) is 0. The Morgan fingerprint density at radius 1 is 0.895 bits per heavy atom. The van der Waals surface area contributed by atoms with E-state index in [-0.39, 0.29) is 0 Å². The minimum absolute atomic E-state index is 0.678. The highest BCUT2D eigenvalue weighted by atomic mass is 79.9. The molecule has 3 aromatic rings. The van der Waals surface area contributed by atoms with Crippen molar-refractivity contribution in [1.29, 1.82) is 0 Å². The van der Waals surface area contributed by atoms with Crippen LogP contribution in [-0.4, -0.2) is 15.2 Å². The van der Waals surface area contributed by atoms with Crippen molar-refractivity contribution < 1.29 is 0 Å². The predicted octanol–water partition coefficient (Wildman–Crippen LogP) is 4.55. The van der Waals surface area contributed by atoms with Crippen molar-refractivity contribution in [3.63, 3.8) is 0 Å². The third-order valence-corrected chi connectivity index (χ3v) is 3.49. The molecular formula is C14H9BrClN3. The zero-order chi connectivity index (χ0) is 13.2. The Labute approximate surface area is 123 Å². The van der Waals surface area contributed by atoms with Crippen molar-refractivity contribution in [2.24, 2.45) is 0 Å². The van der Waals surface area contributed by atoms with Crippen LogP contribution < -0.4 is 0 Å². The third kappa shape index (κ3) is 2.69. The topological polar surface area (TPSA) is 41.6 Å². The molecule has 0 aliphatic rings. The number of rotatable bonds is 2. The van der Waals surface area contributed by atoms with Gasteiger partial charge in [0.2, 0.25) is 0 Å². The fourth-order valence-corrected chi connectivity index (χ4v) is 2.12. The lowest BCUT2D eigenvalue weighted by Crippen LogP contribution is -1.81. The maximum absolute atomic E-state index is 5.86. The number of hydrogen-bond acceptors (Lipinski definition) is 2. The van der Waals surface area contributed by atoms with E-state index >= 15 is 0 Å². The molecule has 19 heavy (non-hydrogen) atoms. The van der Waals surface area contributed by atoms with E-state index in [0.717, 1.165) is 21.4 Å². The molecule has 0 saturated heterocycles. The molecule has 0 spiro atoms. The molecule has 0 amide bonds. The van der Waals surface area contributed by atoms with Crippen LogP contribution in [0.25, 0.3) is 22.8 Å². The lowest BCUT2D eigenvalue weighted by Gasteiger charge is -1.96. The van der Waals surface area contributed by atoms with E-state index in [2.05, 4.69) is 31.1 Å². The van der Waals surface area contributed by atoms with Crippen LogP contribution in [-0.2, 0) is 0 Å². The Morgan fingerprint density at radius 2 is 1.53 bits per heavy atom. The van der Waals surface area contributed by atoms with Crippen molar-refractivity contribution in [2.45, 2.75) is 0 Å². The number of aromatic amines is 1. The van der Waals surface area contributed by atoms with E-state index < -0.39 is 0 Å². The summed E-state index contributed by atoms with van der Waals surface area (Å²) in [4.78, 5) is 4.49. The highest BCUT2D eigenvalue weighted by Gasteiger charge is 2.07. The zero-order valence-electron chi connectivity index (χ0n) is 9.77. The van der Waals surface area contributed by atoms with E-state index in [1.54, 1.807) is 0 Å². The van der Waals surface area contributed by atoms with E-state index in [0.29, 0.717) is 10.8 Å². The number of hydrogen-bond donors (Lipinski definition) is 1. The fraction of sp³-hybridized carbons (Fsp3) is 0. The number of nitrogens with zero attached hydrogens (tertiary/aromatic N) is 2. The van der Waals surface area contributed by atoms with E-state index in [1.165, 1.54) is 0 Å². The van der Waals surface area contributed by atoms with Crippen molar-refractivity contribution in [3.05, 3.63) is 58.0 Å². The molecule has 0 radical (unpaired) electrons. The van der Waals surface area contributed by atoms with Gasteiger partial charge in [0, 0.05) is 20.6 Å². The molecule has 0 aliphatic carbocycles. The summed E-state index contributed by atoms with van der Waals surface area (Å²) in [6, 6.07) is 15.4. The van der Waals surface area contributed by atoms with Gasteiger partial charge in [-0.15, -0.1) is 0 Å². The summed E-state index contributed by atoms with van der Waals surface area (Å²) in [5, 5.41) is 7.87. The first-order valence-corrected chi connectivity index (χ1v) is 6.84. The second-order valence-corrected chi connectivity index (χ2v) is 5.37. The van der Waals surface area contributed by atoms with Crippen LogP contribution in [0, 0.1) is 0 Å². The quantitative estimate of drug-likeness (QED) is 0.746. The van der Waals surface area contributed by atoms with Crippen molar-refractivity contribution in [1.82, 2.24) is 15.2 Å². The molecule has 0 aliphatic heterocycles. The average molecular weight is 335 g/mol. The van der Waals surface area contributed by atoms with Gasteiger partial charge in [-0.3, -0.25) is 5.10 Å². The first-order valence-electron chi connectivity index (χ1n) is 5.67. The van der Waals surface area contributed by atoms with Gasteiger partial charge in [0.25, 0.3) is 0 Å². The van der Waals surface area contributed by atoms with Crippen LogP contribution in [0.5, 0.6) is 0 Å². The summed E-state index contributed by atoms with van der Waals surface area (Å²) in [5.41, 5.74) is 1.93. The summed E-state index contributed by atoms with van der Waals surface area (Å²) < 4.78 is 1.03. The van der Waals surface area contributed by atoms with Gasteiger partial charge in [-0.05, 0) is 36.4 Å². The predicted molar refractivity (Wildman–Crippen MR) is 80.0 cm³/mol. The van der Waals surface area contributed by atoms with Crippen LogP contribution in [0.15, 0.2) is 53.0 Å². The van der Waals surface area contributed by atoms with Crippen molar-refractivity contribution in [3.8, 4) is 22.8 Å². The molecule has 2 aromatic carbocycles. The molecule has 3 rings (SSSR count). The monoisotopic (exact) mass is 333 g/mol. The lowest BCUT2D eigenvalue weighted by molar-refractivity contribution is 1.10. The third-order valence-electron chi connectivity index (χ3n) is 2.71. The van der Waals surface area contributed by atoms with Gasteiger partial charge < -0.3 is 0 Å². The van der Waals surface area contributed by atoms with Crippen LogP contribution in [0.4, 0.5) is 0 Å². The Kier molecular flexibility index (Phi) is 3.36. The molecule has 0 bridgehead atoms. The Hall–Kier alpha value is -1.65. The van der Waals surface area contributed by atoms with Gasteiger partial charge in [0.15, 0.2) is 11.6 Å². The second-order valence-electron chi connectivity index (χ2n) is 4.02. The first kappa shape index (κ1) is 12.4. The number of benzene rings is 2. The van der Waals surface area contributed by atoms with Crippen LogP contribution in [0.2, 0.25) is 5.02 Å². The highest BCUT2D eigenvalue weighted by Crippen LogP contribution is 2.22. The van der Waals surface area contributed by atoms with Gasteiger partial charge in [-0.1, -0.05) is 39.7 Å². The van der Waals surface area contributed by atoms with Crippen LogP contribution >= 0.6 is 27.5 Å². The summed E-state index contributed by atoms with van der Waals surface area (Å²) in [5.74, 6) is 1.41. The van der Waals surface area contributed by atoms with E-state index in [1.807, 2.05) is 48.5 Å². The number of halogens is 2. The van der Waals surface area contributed by atoms with Crippen LogP contribution in [0.1, 0.15) is 0 Å². The molecule has 1 heterocycles. The maximum atomic E-state index is 5.86. The van der Waals surface area contributed by atoms with Crippen molar-refractivity contribution >= 4 is 27.5 Å².